The van der Waals surface area contributed by atoms with E-state index in [0.29, 0.717) is 0 Å². The van der Waals surface area contributed by atoms with Crippen LogP contribution < -0.4 is 10.8 Å². The molecule has 0 spiro atoms. The van der Waals surface area contributed by atoms with Gasteiger partial charge in [-0.1, -0.05) is 109 Å². The lowest BCUT2D eigenvalue weighted by Crippen LogP contribution is -2.04. The first-order chi connectivity index (χ1) is 14.2. The first-order valence-corrected chi connectivity index (χ1v) is 11.6. The quantitative estimate of drug-likeness (QED) is 0.302. The molecule has 29 heavy (non-hydrogen) atoms. The molecule has 4 aromatic carbocycles. The third kappa shape index (κ3) is 4.71. The van der Waals surface area contributed by atoms with Gasteiger partial charge in [-0.15, -0.1) is 0 Å². The third-order valence-electron chi connectivity index (χ3n) is 5.00. The Bertz CT molecular complexity index is 1040. The van der Waals surface area contributed by atoms with Crippen molar-refractivity contribution in [2.24, 2.45) is 5.50 Å². The van der Waals surface area contributed by atoms with Crippen molar-refractivity contribution in [2.45, 2.75) is 0 Å². The highest BCUT2D eigenvalue weighted by Crippen LogP contribution is 2.27. The molecular weight excluding hydrogens is 369 g/mol. The van der Waals surface area contributed by atoms with Crippen LogP contribution in [0.15, 0.2) is 109 Å². The zero-order valence-electron chi connectivity index (χ0n) is 16.5. The van der Waals surface area contributed by atoms with Crippen molar-refractivity contribution in [3.8, 4) is 11.1 Å². The smallest absolute Gasteiger partial charge is 0.00997 e. The Kier molecular flexibility index (Phi) is 6.00. The van der Waals surface area contributed by atoms with Gasteiger partial charge in [-0.25, -0.2) is 0 Å². The molecule has 0 saturated heterocycles. The van der Waals surface area contributed by atoms with Crippen LogP contribution in [0.25, 0.3) is 22.8 Å². The van der Waals surface area contributed by atoms with Gasteiger partial charge in [0.1, 0.15) is 0 Å². The molecule has 1 unspecified atom stereocenters. The van der Waals surface area contributed by atoms with Gasteiger partial charge in [0.2, 0.25) is 0 Å². The minimum atomic E-state index is -0.544. The van der Waals surface area contributed by atoms with Crippen molar-refractivity contribution < 1.29 is 0 Å². The molecule has 0 radical (unpaired) electrons. The molecule has 1 nitrogen and oxygen atoms in total. The summed E-state index contributed by atoms with van der Waals surface area (Å²) in [5, 5.41) is 1.22. The molecule has 0 aliphatic rings. The minimum Gasteiger partial charge on any atom is -0.306 e. The molecule has 0 heterocycles. The van der Waals surface area contributed by atoms with Crippen LogP contribution in [-0.4, -0.2) is 6.66 Å². The standard InChI is InChI=1S/C27H24NP/c1-29(28)26-18-16-23(17-19-26)22-14-12-21(13-15-22)20-27(24-8-4-2-5-9-24)25-10-6-3-7-11-25/h2-20H,28H2,1H3. The van der Waals surface area contributed by atoms with E-state index in [2.05, 4.69) is 122 Å². The predicted octanol–water partition coefficient (Wildman–Crippen LogP) is 6.55. The fraction of sp³-hybridized carbons (Fsp3) is 0.0370. The predicted molar refractivity (Wildman–Crippen MR) is 128 cm³/mol. The highest BCUT2D eigenvalue weighted by Gasteiger charge is 2.05. The van der Waals surface area contributed by atoms with Crippen molar-refractivity contribution in [1.29, 1.82) is 0 Å². The minimum absolute atomic E-state index is 0.544. The van der Waals surface area contributed by atoms with E-state index in [1.54, 1.807) is 0 Å². The Hall–Kier alpha value is -2.99. The largest absolute Gasteiger partial charge is 0.306 e. The zero-order chi connectivity index (χ0) is 20.1. The number of benzene rings is 4. The highest BCUT2D eigenvalue weighted by molar-refractivity contribution is 7.62. The summed E-state index contributed by atoms with van der Waals surface area (Å²) in [7, 11) is -0.544. The van der Waals surface area contributed by atoms with Crippen LogP contribution in [-0.2, 0) is 0 Å². The van der Waals surface area contributed by atoms with E-state index in [-0.39, 0.29) is 0 Å². The Morgan fingerprint density at radius 2 is 1.07 bits per heavy atom. The highest BCUT2D eigenvalue weighted by atomic mass is 31.1. The second kappa shape index (κ2) is 9.01. The van der Waals surface area contributed by atoms with Crippen LogP contribution in [0.2, 0.25) is 0 Å². The zero-order valence-corrected chi connectivity index (χ0v) is 17.4. The topological polar surface area (TPSA) is 26.0 Å². The van der Waals surface area contributed by atoms with Crippen molar-refractivity contribution in [3.63, 3.8) is 0 Å². The Morgan fingerprint density at radius 3 is 1.52 bits per heavy atom. The molecule has 0 aromatic heterocycles. The maximum atomic E-state index is 6.02. The average Bonchev–Trinajstić information content (AvgIpc) is 2.79. The van der Waals surface area contributed by atoms with Gasteiger partial charge in [0, 0.05) is 0 Å². The van der Waals surface area contributed by atoms with Gasteiger partial charge in [0.25, 0.3) is 0 Å². The summed E-state index contributed by atoms with van der Waals surface area (Å²) in [5.74, 6) is 0. The van der Waals surface area contributed by atoms with Crippen LogP contribution in [0, 0.1) is 0 Å². The Labute approximate surface area is 174 Å². The van der Waals surface area contributed by atoms with Crippen molar-refractivity contribution in [1.82, 2.24) is 0 Å². The van der Waals surface area contributed by atoms with E-state index in [9.17, 15) is 0 Å². The van der Waals surface area contributed by atoms with E-state index >= 15 is 0 Å². The summed E-state index contributed by atoms with van der Waals surface area (Å²) in [6.45, 7) is 2.07. The van der Waals surface area contributed by atoms with Crippen LogP contribution >= 0.6 is 8.07 Å². The van der Waals surface area contributed by atoms with E-state index in [0.717, 1.165) is 0 Å². The van der Waals surface area contributed by atoms with Gasteiger partial charge in [-0.3, -0.25) is 0 Å². The molecule has 0 saturated carbocycles. The average molecular weight is 393 g/mol. The molecule has 1 atom stereocenters. The molecule has 0 aliphatic heterocycles. The van der Waals surface area contributed by atoms with Crippen LogP contribution in [0.4, 0.5) is 0 Å². The van der Waals surface area contributed by atoms with Gasteiger partial charge in [-0.05, 0) is 59.5 Å². The molecule has 0 bridgehead atoms. The first kappa shape index (κ1) is 19.3. The van der Waals surface area contributed by atoms with Crippen LogP contribution in [0.3, 0.4) is 0 Å². The molecule has 2 heteroatoms. The first-order valence-electron chi connectivity index (χ1n) is 9.72. The monoisotopic (exact) mass is 393 g/mol. The maximum Gasteiger partial charge on any atom is -0.00997 e. The Balaban J connectivity index is 1.67. The van der Waals surface area contributed by atoms with E-state index in [4.69, 9.17) is 5.50 Å². The lowest BCUT2D eigenvalue weighted by Gasteiger charge is -2.10. The van der Waals surface area contributed by atoms with Crippen LogP contribution in [0.5, 0.6) is 0 Å². The normalized spacial score (nSPS) is 11.7. The molecule has 0 fully saturated rings. The summed E-state index contributed by atoms with van der Waals surface area (Å²) in [4.78, 5) is 0. The summed E-state index contributed by atoms with van der Waals surface area (Å²) in [5.41, 5.74) is 13.3. The fourth-order valence-electron chi connectivity index (χ4n) is 3.40. The molecule has 142 valence electrons. The maximum absolute atomic E-state index is 6.02. The number of hydrogen-bond acceptors (Lipinski definition) is 1. The molecule has 4 rings (SSSR count). The van der Waals surface area contributed by atoms with E-state index in [1.165, 1.54) is 38.7 Å². The number of nitrogens with two attached hydrogens (primary N) is 1. The van der Waals surface area contributed by atoms with E-state index < -0.39 is 8.07 Å². The van der Waals surface area contributed by atoms with Gasteiger partial charge in [0.05, 0.1) is 0 Å². The summed E-state index contributed by atoms with van der Waals surface area (Å²) in [6.07, 6.45) is 2.26. The lowest BCUT2D eigenvalue weighted by atomic mass is 9.95. The second-order valence-corrected chi connectivity index (χ2v) is 8.81. The summed E-state index contributed by atoms with van der Waals surface area (Å²) >= 11 is 0. The van der Waals surface area contributed by atoms with Crippen molar-refractivity contribution in [2.75, 3.05) is 6.66 Å². The van der Waals surface area contributed by atoms with Crippen molar-refractivity contribution in [3.05, 3.63) is 126 Å². The van der Waals surface area contributed by atoms with E-state index in [1.807, 2.05) is 0 Å². The SMILES string of the molecule is CP(N)c1ccc(-c2ccc(C=C(c3ccccc3)c3ccccc3)cc2)cc1. The molecule has 0 aliphatic carbocycles. The lowest BCUT2D eigenvalue weighted by molar-refractivity contribution is 1.55. The molecule has 4 aromatic rings. The number of hydrogen-bond donors (Lipinski definition) is 1. The number of rotatable bonds is 5. The van der Waals surface area contributed by atoms with Crippen molar-refractivity contribution >= 4 is 25.0 Å². The van der Waals surface area contributed by atoms with Gasteiger partial charge in [-0.2, -0.15) is 0 Å². The van der Waals surface area contributed by atoms with Gasteiger partial charge >= 0.3 is 0 Å². The van der Waals surface area contributed by atoms with Gasteiger partial charge < -0.3 is 5.50 Å². The molecular formula is C27H24NP. The summed E-state index contributed by atoms with van der Waals surface area (Å²) in [6, 6.07) is 38.4. The van der Waals surface area contributed by atoms with Gasteiger partial charge in [0.15, 0.2) is 0 Å². The second-order valence-electron chi connectivity index (χ2n) is 7.07. The summed E-state index contributed by atoms with van der Waals surface area (Å²) < 4.78 is 0. The third-order valence-corrected chi connectivity index (χ3v) is 6.11. The molecule has 2 N–H and O–H groups in total. The molecule has 0 amide bonds. The Morgan fingerprint density at radius 1 is 0.621 bits per heavy atom. The van der Waals surface area contributed by atoms with Crippen LogP contribution in [0.1, 0.15) is 16.7 Å². The fourth-order valence-corrected chi connectivity index (χ4v) is 4.02.